The van der Waals surface area contributed by atoms with Gasteiger partial charge in [0.1, 0.15) is 0 Å². The number of rotatable bonds is 2. The highest BCUT2D eigenvalue weighted by molar-refractivity contribution is 4.77. The zero-order valence-corrected chi connectivity index (χ0v) is 3.94. The van der Waals surface area contributed by atoms with Gasteiger partial charge in [-0.3, -0.25) is 0 Å². The van der Waals surface area contributed by atoms with Crippen molar-refractivity contribution in [3.8, 4) is 0 Å². The lowest BCUT2D eigenvalue weighted by molar-refractivity contribution is 1.08. The maximum Gasteiger partial charge on any atom is 0.0124 e. The standard InChI is InChI=1S/C4H10N2/c1-6-4-2-3-5/h2,4,6H,3,5H2,1H3/b4-2+. The van der Waals surface area contributed by atoms with E-state index in [0.29, 0.717) is 6.54 Å². The molecule has 0 atom stereocenters. The Kier molecular flexibility index (Phi) is 4.12. The third-order valence-electron chi connectivity index (χ3n) is 0.421. The first-order valence-electron chi connectivity index (χ1n) is 1.94. The molecule has 0 unspecified atom stereocenters. The maximum atomic E-state index is 5.09. The van der Waals surface area contributed by atoms with Crippen LogP contribution in [0.4, 0.5) is 0 Å². The first kappa shape index (κ1) is 5.50. The monoisotopic (exact) mass is 86.1 g/mol. The molecule has 0 saturated carbocycles. The summed E-state index contributed by atoms with van der Waals surface area (Å²) in [7, 11) is 1.84. The quantitative estimate of drug-likeness (QED) is 0.483. The van der Waals surface area contributed by atoms with E-state index in [2.05, 4.69) is 5.32 Å². The topological polar surface area (TPSA) is 38.0 Å². The van der Waals surface area contributed by atoms with E-state index in [1.165, 1.54) is 0 Å². The molecule has 2 nitrogen and oxygen atoms in total. The van der Waals surface area contributed by atoms with Crippen LogP contribution in [0.25, 0.3) is 0 Å². The molecule has 0 aliphatic heterocycles. The molecule has 0 fully saturated rings. The van der Waals surface area contributed by atoms with Crippen molar-refractivity contribution in [3.63, 3.8) is 0 Å². The molecule has 0 aromatic carbocycles. The van der Waals surface area contributed by atoms with Crippen molar-refractivity contribution in [2.24, 2.45) is 5.73 Å². The van der Waals surface area contributed by atoms with Gasteiger partial charge in [0, 0.05) is 13.6 Å². The minimum Gasteiger partial charge on any atom is -0.394 e. The average molecular weight is 86.1 g/mol. The molecule has 0 aliphatic carbocycles. The molecule has 0 spiro atoms. The van der Waals surface area contributed by atoms with E-state index in [1.807, 2.05) is 13.1 Å². The molecule has 0 aromatic heterocycles. The Morgan fingerprint density at radius 1 is 1.83 bits per heavy atom. The fourth-order valence-corrected chi connectivity index (χ4v) is 0.186. The van der Waals surface area contributed by atoms with Crippen molar-refractivity contribution in [1.82, 2.24) is 5.32 Å². The SMILES string of the molecule is CN/C=C/CN. The molecule has 0 rings (SSSR count). The predicted octanol–water partition coefficient (Wildman–Crippen LogP) is -0.322. The smallest absolute Gasteiger partial charge is 0.0124 e. The molecular weight excluding hydrogens is 76.1 g/mol. The Balaban J connectivity index is 2.73. The fourth-order valence-electron chi connectivity index (χ4n) is 0.186. The van der Waals surface area contributed by atoms with E-state index in [-0.39, 0.29) is 0 Å². The highest BCUT2D eigenvalue weighted by Gasteiger charge is 1.56. The lowest BCUT2D eigenvalue weighted by Gasteiger charge is -1.79. The molecule has 0 heterocycles. The van der Waals surface area contributed by atoms with Gasteiger partial charge in [-0.05, 0) is 6.20 Å². The number of hydrogen-bond donors (Lipinski definition) is 2. The van der Waals surface area contributed by atoms with Gasteiger partial charge in [-0.15, -0.1) is 0 Å². The largest absolute Gasteiger partial charge is 0.394 e. The highest BCUT2D eigenvalue weighted by Crippen LogP contribution is 1.54. The maximum absolute atomic E-state index is 5.09. The third kappa shape index (κ3) is 3.50. The molecular formula is C4H10N2. The Labute approximate surface area is 38.0 Å². The van der Waals surface area contributed by atoms with Crippen LogP contribution in [0.1, 0.15) is 0 Å². The highest BCUT2D eigenvalue weighted by atomic mass is 14.8. The van der Waals surface area contributed by atoms with Crippen LogP contribution in [0, 0.1) is 0 Å². The molecule has 0 bridgehead atoms. The van der Waals surface area contributed by atoms with Crippen LogP contribution in [0.15, 0.2) is 12.3 Å². The number of nitrogens with one attached hydrogen (secondary N) is 1. The van der Waals surface area contributed by atoms with Crippen molar-refractivity contribution < 1.29 is 0 Å². The molecule has 3 N–H and O–H groups in total. The summed E-state index contributed by atoms with van der Waals surface area (Å²) in [4.78, 5) is 0. The van der Waals surface area contributed by atoms with Crippen LogP contribution in [0.2, 0.25) is 0 Å². The summed E-state index contributed by atoms with van der Waals surface area (Å²) in [6.45, 7) is 0.612. The third-order valence-corrected chi connectivity index (χ3v) is 0.421. The lowest BCUT2D eigenvalue weighted by Crippen LogP contribution is -1.97. The Hall–Kier alpha value is -0.500. The molecule has 0 saturated heterocycles. The molecule has 0 aromatic rings. The summed E-state index contributed by atoms with van der Waals surface area (Å²) in [5.41, 5.74) is 5.09. The second kappa shape index (κ2) is 4.50. The van der Waals surface area contributed by atoms with Crippen LogP contribution >= 0.6 is 0 Å². The van der Waals surface area contributed by atoms with Gasteiger partial charge in [0.15, 0.2) is 0 Å². The minimum atomic E-state index is 0.612. The Morgan fingerprint density at radius 3 is 2.67 bits per heavy atom. The van der Waals surface area contributed by atoms with Crippen LogP contribution in [-0.2, 0) is 0 Å². The molecule has 6 heavy (non-hydrogen) atoms. The number of nitrogens with two attached hydrogens (primary N) is 1. The molecule has 2 heteroatoms. The predicted molar refractivity (Wildman–Crippen MR) is 27.3 cm³/mol. The first-order valence-corrected chi connectivity index (χ1v) is 1.94. The lowest BCUT2D eigenvalue weighted by atomic mass is 10.6. The van der Waals surface area contributed by atoms with Gasteiger partial charge >= 0.3 is 0 Å². The van der Waals surface area contributed by atoms with E-state index in [0.717, 1.165) is 0 Å². The Morgan fingerprint density at radius 2 is 2.50 bits per heavy atom. The summed E-state index contributed by atoms with van der Waals surface area (Å²) in [6, 6.07) is 0. The van der Waals surface area contributed by atoms with E-state index >= 15 is 0 Å². The van der Waals surface area contributed by atoms with Gasteiger partial charge < -0.3 is 11.1 Å². The summed E-state index contributed by atoms with van der Waals surface area (Å²) in [5, 5.41) is 2.81. The fraction of sp³-hybridized carbons (Fsp3) is 0.500. The van der Waals surface area contributed by atoms with Gasteiger partial charge in [0.2, 0.25) is 0 Å². The van der Waals surface area contributed by atoms with Crippen LogP contribution in [-0.4, -0.2) is 13.6 Å². The van der Waals surface area contributed by atoms with Crippen molar-refractivity contribution in [3.05, 3.63) is 12.3 Å². The zero-order valence-electron chi connectivity index (χ0n) is 3.94. The van der Waals surface area contributed by atoms with Crippen molar-refractivity contribution in [2.45, 2.75) is 0 Å². The van der Waals surface area contributed by atoms with Crippen molar-refractivity contribution in [2.75, 3.05) is 13.6 Å². The normalized spacial score (nSPS) is 9.67. The molecule has 0 radical (unpaired) electrons. The number of hydrogen-bond acceptors (Lipinski definition) is 2. The molecule has 0 amide bonds. The van der Waals surface area contributed by atoms with Crippen LogP contribution < -0.4 is 11.1 Å². The summed E-state index contributed by atoms with van der Waals surface area (Å²) >= 11 is 0. The van der Waals surface area contributed by atoms with Crippen molar-refractivity contribution >= 4 is 0 Å². The average Bonchev–Trinajstić information content (AvgIpc) is 1.61. The van der Waals surface area contributed by atoms with Gasteiger partial charge in [-0.25, -0.2) is 0 Å². The van der Waals surface area contributed by atoms with Gasteiger partial charge in [0.25, 0.3) is 0 Å². The minimum absolute atomic E-state index is 0.612. The van der Waals surface area contributed by atoms with E-state index in [1.54, 1.807) is 6.20 Å². The summed E-state index contributed by atoms with van der Waals surface area (Å²) in [5.74, 6) is 0. The Bertz CT molecular complexity index is 34.8. The summed E-state index contributed by atoms with van der Waals surface area (Å²) < 4.78 is 0. The molecule has 0 aliphatic rings. The second-order valence-electron chi connectivity index (χ2n) is 0.927. The van der Waals surface area contributed by atoms with Gasteiger partial charge in [0.05, 0.1) is 0 Å². The van der Waals surface area contributed by atoms with E-state index < -0.39 is 0 Å². The second-order valence-corrected chi connectivity index (χ2v) is 0.927. The van der Waals surface area contributed by atoms with Gasteiger partial charge in [-0.1, -0.05) is 6.08 Å². The van der Waals surface area contributed by atoms with E-state index in [4.69, 9.17) is 5.73 Å². The van der Waals surface area contributed by atoms with Crippen molar-refractivity contribution in [1.29, 1.82) is 0 Å². The zero-order chi connectivity index (χ0) is 4.83. The first-order chi connectivity index (χ1) is 2.91. The summed E-state index contributed by atoms with van der Waals surface area (Å²) in [6.07, 6.45) is 3.65. The van der Waals surface area contributed by atoms with Crippen LogP contribution in [0.5, 0.6) is 0 Å². The van der Waals surface area contributed by atoms with E-state index in [9.17, 15) is 0 Å². The van der Waals surface area contributed by atoms with Crippen LogP contribution in [0.3, 0.4) is 0 Å². The van der Waals surface area contributed by atoms with Gasteiger partial charge in [-0.2, -0.15) is 0 Å². The molecule has 36 valence electrons.